The van der Waals surface area contributed by atoms with Crippen LogP contribution in [0.1, 0.15) is 19.8 Å². The van der Waals surface area contributed by atoms with Crippen molar-refractivity contribution in [2.45, 2.75) is 19.8 Å². The maximum absolute atomic E-state index is 11.4. The predicted molar refractivity (Wildman–Crippen MR) is 44.2 cm³/mol. The zero-order chi connectivity index (χ0) is 9.14. The van der Waals surface area contributed by atoms with Crippen molar-refractivity contribution in [2.24, 2.45) is 11.7 Å². The number of hydrogen-bond acceptors (Lipinski definition) is 2. The van der Waals surface area contributed by atoms with Crippen molar-refractivity contribution in [1.29, 1.82) is 0 Å². The van der Waals surface area contributed by atoms with E-state index in [1.54, 1.807) is 0 Å². The molecule has 4 nitrogen and oxygen atoms in total. The van der Waals surface area contributed by atoms with Gasteiger partial charge in [-0.1, -0.05) is 0 Å². The number of hydrogen-bond donors (Lipinski definition) is 1. The highest BCUT2D eigenvalue weighted by atomic mass is 16.2. The topological polar surface area (TPSA) is 63.4 Å². The number of carbonyl (C=O) groups excluding carboxylic acids is 2. The Morgan fingerprint density at radius 3 is 2.42 bits per heavy atom. The highest BCUT2D eigenvalue weighted by molar-refractivity contribution is 5.86. The molecular formula is C8H14N2O2. The van der Waals surface area contributed by atoms with Gasteiger partial charge in [-0.2, -0.15) is 0 Å². The lowest BCUT2D eigenvalue weighted by atomic mass is 10.3. The summed E-state index contributed by atoms with van der Waals surface area (Å²) in [5.41, 5.74) is 4.99. The van der Waals surface area contributed by atoms with Crippen LogP contribution in [-0.4, -0.2) is 29.8 Å². The minimum atomic E-state index is -0.439. The number of nitrogens with two attached hydrogens (primary N) is 1. The summed E-state index contributed by atoms with van der Waals surface area (Å²) in [5, 5.41) is 0. The molecule has 0 atom stereocenters. The van der Waals surface area contributed by atoms with Gasteiger partial charge < -0.3 is 10.6 Å². The van der Waals surface area contributed by atoms with E-state index in [4.69, 9.17) is 5.73 Å². The SMILES string of the molecule is CCN(CC(N)=O)C(=O)C1CC1. The molecule has 0 bridgehead atoms. The fraction of sp³-hybridized carbons (Fsp3) is 0.750. The molecule has 2 amide bonds. The first-order valence-electron chi connectivity index (χ1n) is 4.22. The summed E-state index contributed by atoms with van der Waals surface area (Å²) in [6.07, 6.45) is 1.93. The van der Waals surface area contributed by atoms with Crippen LogP contribution >= 0.6 is 0 Å². The third kappa shape index (κ3) is 2.22. The summed E-state index contributed by atoms with van der Waals surface area (Å²) < 4.78 is 0. The molecule has 2 N–H and O–H groups in total. The van der Waals surface area contributed by atoms with Gasteiger partial charge in [0.1, 0.15) is 0 Å². The molecule has 0 aromatic rings. The van der Waals surface area contributed by atoms with Gasteiger partial charge in [-0.15, -0.1) is 0 Å². The van der Waals surface area contributed by atoms with Gasteiger partial charge in [0.15, 0.2) is 0 Å². The van der Waals surface area contributed by atoms with Crippen LogP contribution in [0.5, 0.6) is 0 Å². The van der Waals surface area contributed by atoms with Crippen LogP contribution in [0.4, 0.5) is 0 Å². The second kappa shape index (κ2) is 3.56. The van der Waals surface area contributed by atoms with E-state index in [1.165, 1.54) is 4.90 Å². The maximum Gasteiger partial charge on any atom is 0.237 e. The molecule has 12 heavy (non-hydrogen) atoms. The smallest absolute Gasteiger partial charge is 0.237 e. The van der Waals surface area contributed by atoms with Crippen molar-refractivity contribution in [3.05, 3.63) is 0 Å². The maximum atomic E-state index is 11.4. The molecule has 4 heteroatoms. The lowest BCUT2D eigenvalue weighted by Crippen LogP contribution is -2.39. The minimum absolute atomic E-state index is 0.0613. The molecule has 1 fully saturated rings. The molecule has 0 saturated heterocycles. The Bertz CT molecular complexity index is 199. The quantitative estimate of drug-likeness (QED) is 0.631. The van der Waals surface area contributed by atoms with E-state index in [1.807, 2.05) is 6.92 Å². The molecule has 0 aliphatic heterocycles. The van der Waals surface area contributed by atoms with Crippen LogP contribution in [0.25, 0.3) is 0 Å². The molecule has 1 aliphatic rings. The summed E-state index contributed by atoms with van der Waals surface area (Å²) in [4.78, 5) is 23.4. The summed E-state index contributed by atoms with van der Waals surface area (Å²) in [7, 11) is 0. The number of nitrogens with zero attached hydrogens (tertiary/aromatic N) is 1. The van der Waals surface area contributed by atoms with E-state index in [-0.39, 0.29) is 18.4 Å². The van der Waals surface area contributed by atoms with E-state index in [0.29, 0.717) is 6.54 Å². The number of primary amides is 1. The molecule has 1 rings (SSSR count). The summed E-state index contributed by atoms with van der Waals surface area (Å²) in [5.74, 6) is -0.188. The van der Waals surface area contributed by atoms with Gasteiger partial charge in [0.2, 0.25) is 11.8 Å². The average Bonchev–Trinajstić information content (AvgIpc) is 2.80. The zero-order valence-electron chi connectivity index (χ0n) is 7.25. The standard InChI is InChI=1S/C8H14N2O2/c1-2-10(5-7(9)11)8(12)6-3-4-6/h6H,2-5H2,1H3,(H2,9,11). The lowest BCUT2D eigenvalue weighted by molar-refractivity contribution is -0.136. The van der Waals surface area contributed by atoms with Gasteiger partial charge in [0.25, 0.3) is 0 Å². The Balaban J connectivity index is 2.42. The fourth-order valence-corrected chi connectivity index (χ4v) is 1.12. The van der Waals surface area contributed by atoms with E-state index in [2.05, 4.69) is 0 Å². The summed E-state index contributed by atoms with van der Waals surface area (Å²) in [6, 6.07) is 0. The molecule has 1 aliphatic carbocycles. The van der Waals surface area contributed by atoms with Crippen molar-refractivity contribution < 1.29 is 9.59 Å². The molecule has 0 spiro atoms. The Labute approximate surface area is 71.7 Å². The monoisotopic (exact) mass is 170 g/mol. The Kier molecular flexibility index (Phi) is 2.68. The third-order valence-corrected chi connectivity index (χ3v) is 1.97. The number of amides is 2. The summed E-state index contributed by atoms with van der Waals surface area (Å²) >= 11 is 0. The van der Waals surface area contributed by atoms with Crippen molar-refractivity contribution in [3.63, 3.8) is 0 Å². The second-order valence-electron chi connectivity index (χ2n) is 3.09. The van der Waals surface area contributed by atoms with Gasteiger partial charge in [-0.25, -0.2) is 0 Å². The molecule has 0 radical (unpaired) electrons. The van der Waals surface area contributed by atoms with Gasteiger partial charge in [-0.05, 0) is 19.8 Å². The predicted octanol–water partition coefficient (Wildman–Crippen LogP) is -0.270. The van der Waals surface area contributed by atoms with Gasteiger partial charge in [0.05, 0.1) is 6.54 Å². The third-order valence-electron chi connectivity index (χ3n) is 1.97. The number of rotatable bonds is 4. The highest BCUT2D eigenvalue weighted by Crippen LogP contribution is 2.30. The molecule has 0 heterocycles. The van der Waals surface area contributed by atoms with E-state index < -0.39 is 5.91 Å². The molecule has 0 aromatic heterocycles. The van der Waals surface area contributed by atoms with E-state index in [0.717, 1.165) is 12.8 Å². The molecule has 68 valence electrons. The molecule has 0 aromatic carbocycles. The Hall–Kier alpha value is -1.06. The minimum Gasteiger partial charge on any atom is -0.368 e. The highest BCUT2D eigenvalue weighted by Gasteiger charge is 2.33. The van der Waals surface area contributed by atoms with Gasteiger partial charge >= 0.3 is 0 Å². The molecular weight excluding hydrogens is 156 g/mol. The molecule has 0 unspecified atom stereocenters. The van der Waals surface area contributed by atoms with Crippen molar-refractivity contribution in [2.75, 3.05) is 13.1 Å². The van der Waals surface area contributed by atoms with Gasteiger partial charge in [0, 0.05) is 12.5 Å². The van der Waals surface area contributed by atoms with Crippen LogP contribution in [-0.2, 0) is 9.59 Å². The van der Waals surface area contributed by atoms with Crippen LogP contribution in [0.15, 0.2) is 0 Å². The first kappa shape index (κ1) is 9.03. The number of likely N-dealkylation sites (N-methyl/N-ethyl adjacent to an activating group) is 1. The van der Waals surface area contributed by atoms with Crippen LogP contribution in [0, 0.1) is 5.92 Å². The second-order valence-corrected chi connectivity index (χ2v) is 3.09. The first-order valence-corrected chi connectivity index (χ1v) is 4.22. The zero-order valence-corrected chi connectivity index (χ0v) is 7.25. The van der Waals surface area contributed by atoms with Crippen molar-refractivity contribution in [1.82, 2.24) is 4.90 Å². The van der Waals surface area contributed by atoms with Crippen LogP contribution in [0.2, 0.25) is 0 Å². The van der Waals surface area contributed by atoms with Crippen LogP contribution in [0.3, 0.4) is 0 Å². The number of carbonyl (C=O) groups is 2. The largest absolute Gasteiger partial charge is 0.368 e. The normalized spacial score (nSPS) is 15.8. The van der Waals surface area contributed by atoms with E-state index >= 15 is 0 Å². The first-order chi connectivity index (χ1) is 5.65. The Morgan fingerprint density at radius 1 is 1.50 bits per heavy atom. The Morgan fingerprint density at radius 2 is 2.08 bits per heavy atom. The lowest BCUT2D eigenvalue weighted by Gasteiger charge is -2.18. The van der Waals surface area contributed by atoms with Crippen molar-refractivity contribution >= 4 is 11.8 Å². The van der Waals surface area contributed by atoms with Gasteiger partial charge in [-0.3, -0.25) is 9.59 Å². The molecule has 1 saturated carbocycles. The fourth-order valence-electron chi connectivity index (χ4n) is 1.12. The average molecular weight is 170 g/mol. The summed E-state index contributed by atoms with van der Waals surface area (Å²) in [6.45, 7) is 2.48. The van der Waals surface area contributed by atoms with Crippen LogP contribution < -0.4 is 5.73 Å². The van der Waals surface area contributed by atoms with E-state index in [9.17, 15) is 9.59 Å². The van der Waals surface area contributed by atoms with Crippen molar-refractivity contribution in [3.8, 4) is 0 Å².